The van der Waals surface area contributed by atoms with Crippen molar-refractivity contribution in [3.05, 3.63) is 0 Å². The maximum atomic E-state index is 10.7. The summed E-state index contributed by atoms with van der Waals surface area (Å²) in [5, 5.41) is 162. The number of carbonyl (C=O) groups excluding carboxylic acids is 4. The van der Waals surface area contributed by atoms with Gasteiger partial charge in [0.1, 0.15) is 91.5 Å². The standard InChI is InChI=1S/C8H15NO6.2C6H12O6.C6H12O5/c1-3(11)9-5-7(13)6(12)4(2-10)15-8(5)14;2*7-1-3(9)5(11)6(12)4(10)2-8;1-3(8)5(10)6(11)4(9)2-7/h4-8,10,12-14H,2H2,1H3,(H,9,11);2*1,3-6,8-12H,2H2;2-6,8-11H,1H3/t4-,5-,6+,7-,8?;;;/m1.../s1. The number of nitrogens with one attached hydrogen (secondary N) is 1. The summed E-state index contributed by atoms with van der Waals surface area (Å²) in [4.78, 5) is 40.4. The molecule has 24 heteroatoms. The van der Waals surface area contributed by atoms with Crippen molar-refractivity contribution < 1.29 is 116 Å². The van der Waals surface area contributed by atoms with Gasteiger partial charge >= 0.3 is 0 Å². The minimum Gasteiger partial charge on any atom is -0.394 e. The molecule has 0 saturated carbocycles. The molecule has 1 saturated heterocycles. The third kappa shape index (κ3) is 18.8. The number of hydrogen-bond acceptors (Lipinski definition) is 23. The number of hydrogen-bond donors (Lipinski definition) is 19. The van der Waals surface area contributed by atoms with Gasteiger partial charge in [-0.05, 0) is 6.92 Å². The molecule has 0 aromatic heterocycles. The van der Waals surface area contributed by atoms with E-state index >= 15 is 0 Å². The van der Waals surface area contributed by atoms with Crippen molar-refractivity contribution >= 4 is 24.8 Å². The highest BCUT2D eigenvalue weighted by Crippen LogP contribution is 2.19. The zero-order valence-corrected chi connectivity index (χ0v) is 26.8. The lowest BCUT2D eigenvalue weighted by Gasteiger charge is -2.40. The molecule has 298 valence electrons. The van der Waals surface area contributed by atoms with Crippen LogP contribution in [0.5, 0.6) is 0 Å². The summed E-state index contributed by atoms with van der Waals surface area (Å²) < 4.78 is 4.81. The smallest absolute Gasteiger partial charge is 0.217 e. The Morgan fingerprint density at radius 1 is 0.620 bits per heavy atom. The van der Waals surface area contributed by atoms with Crippen LogP contribution in [-0.2, 0) is 23.9 Å². The molecule has 1 heterocycles. The maximum Gasteiger partial charge on any atom is 0.217 e. The van der Waals surface area contributed by atoms with Gasteiger partial charge in [-0.2, -0.15) is 0 Å². The van der Waals surface area contributed by atoms with E-state index < -0.39 is 130 Å². The van der Waals surface area contributed by atoms with Crippen LogP contribution in [0.15, 0.2) is 0 Å². The molecule has 17 atom stereocenters. The summed E-state index contributed by atoms with van der Waals surface area (Å²) in [7, 11) is 0. The SMILES string of the molecule is CC(=O)N[C@H]1C(O)O[C@H](CO)[C@H](O)[C@@H]1O.CC(O)C(O)C(O)C(O)C=O.O=CC(O)C(O)C(O)C(O)CO.O=CC(O)C(O)C(O)C(O)CO. The van der Waals surface area contributed by atoms with Gasteiger partial charge in [-0.1, -0.05) is 0 Å². The van der Waals surface area contributed by atoms with Gasteiger partial charge in [0, 0.05) is 6.92 Å². The van der Waals surface area contributed by atoms with Crippen molar-refractivity contribution in [1.29, 1.82) is 0 Å². The van der Waals surface area contributed by atoms with E-state index in [2.05, 4.69) is 5.32 Å². The number of ether oxygens (including phenoxy) is 1. The first-order valence-corrected chi connectivity index (χ1v) is 14.4. The van der Waals surface area contributed by atoms with E-state index in [4.69, 9.17) is 81.3 Å². The second-order valence-electron chi connectivity index (χ2n) is 10.5. The van der Waals surface area contributed by atoms with E-state index in [0.29, 0.717) is 0 Å². The molecule has 0 aromatic rings. The Kier molecular flexibility index (Phi) is 28.5. The highest BCUT2D eigenvalue weighted by atomic mass is 16.6. The number of aldehydes is 3. The Labute approximate surface area is 283 Å². The van der Waals surface area contributed by atoms with Crippen molar-refractivity contribution in [2.75, 3.05) is 19.8 Å². The zero-order chi connectivity index (χ0) is 40.0. The Morgan fingerprint density at radius 3 is 1.22 bits per heavy atom. The van der Waals surface area contributed by atoms with Crippen LogP contribution in [0.1, 0.15) is 13.8 Å². The molecule has 19 N–H and O–H groups in total. The average Bonchev–Trinajstić information content (AvgIpc) is 3.11. The molecule has 50 heavy (non-hydrogen) atoms. The Bertz CT molecular complexity index is 885. The van der Waals surface area contributed by atoms with E-state index in [1.807, 2.05) is 0 Å². The summed E-state index contributed by atoms with van der Waals surface area (Å²) >= 11 is 0. The van der Waals surface area contributed by atoms with E-state index in [-0.39, 0.29) is 18.9 Å². The monoisotopic (exact) mass is 745 g/mol. The van der Waals surface area contributed by atoms with Crippen LogP contribution in [0.25, 0.3) is 0 Å². The van der Waals surface area contributed by atoms with Gasteiger partial charge in [0.25, 0.3) is 0 Å². The van der Waals surface area contributed by atoms with Gasteiger partial charge < -0.3 is 116 Å². The normalized spacial score (nSPS) is 27.3. The molecule has 1 aliphatic rings. The highest BCUT2D eigenvalue weighted by Gasteiger charge is 2.44. The van der Waals surface area contributed by atoms with Crippen molar-refractivity contribution in [3.63, 3.8) is 0 Å². The molecule has 0 bridgehead atoms. The Morgan fingerprint density at radius 2 is 0.960 bits per heavy atom. The summed E-state index contributed by atoms with van der Waals surface area (Å²) in [6, 6.07) is -1.10. The first-order valence-electron chi connectivity index (χ1n) is 14.4. The lowest BCUT2D eigenvalue weighted by atomic mass is 9.97. The van der Waals surface area contributed by atoms with Gasteiger partial charge in [-0.25, -0.2) is 0 Å². The summed E-state index contributed by atoms with van der Waals surface area (Å²) in [5.41, 5.74) is 0. The average molecular weight is 746 g/mol. The predicted molar refractivity (Wildman–Crippen MR) is 158 cm³/mol. The van der Waals surface area contributed by atoms with Gasteiger partial charge in [0.05, 0.1) is 25.9 Å². The number of carbonyl (C=O) groups is 4. The van der Waals surface area contributed by atoms with E-state index in [9.17, 15) is 34.5 Å². The number of rotatable bonds is 16. The van der Waals surface area contributed by atoms with Crippen LogP contribution < -0.4 is 5.32 Å². The molecular formula is C26H51NO23. The fraction of sp³-hybridized carbons (Fsp3) is 0.846. The lowest BCUT2D eigenvalue weighted by molar-refractivity contribution is -0.253. The second kappa shape index (κ2) is 27.4. The van der Waals surface area contributed by atoms with Crippen molar-refractivity contribution in [2.45, 2.75) is 118 Å². The van der Waals surface area contributed by atoms with Crippen LogP contribution in [0.2, 0.25) is 0 Å². The minimum absolute atomic E-state index is 0.0258. The Hall–Kier alpha value is -2.28. The van der Waals surface area contributed by atoms with Crippen molar-refractivity contribution in [3.8, 4) is 0 Å². The molecule has 0 aliphatic carbocycles. The van der Waals surface area contributed by atoms with E-state index in [0.717, 1.165) is 0 Å². The number of amides is 1. The van der Waals surface area contributed by atoms with Gasteiger partial charge in [0.2, 0.25) is 5.91 Å². The fourth-order valence-electron chi connectivity index (χ4n) is 3.29. The number of aliphatic hydroxyl groups is 18. The van der Waals surface area contributed by atoms with Crippen LogP contribution in [0.3, 0.4) is 0 Å². The second-order valence-corrected chi connectivity index (χ2v) is 10.5. The molecule has 24 nitrogen and oxygen atoms in total. The molecule has 13 unspecified atom stereocenters. The molecular weight excluding hydrogens is 694 g/mol. The van der Waals surface area contributed by atoms with Gasteiger partial charge in [-0.3, -0.25) is 4.79 Å². The molecule has 0 aromatic carbocycles. The largest absolute Gasteiger partial charge is 0.394 e. The highest BCUT2D eigenvalue weighted by molar-refractivity contribution is 5.73. The van der Waals surface area contributed by atoms with Crippen molar-refractivity contribution in [1.82, 2.24) is 5.32 Å². The van der Waals surface area contributed by atoms with Crippen LogP contribution in [-0.4, -0.2) is 240 Å². The van der Waals surface area contributed by atoms with Crippen LogP contribution in [0.4, 0.5) is 0 Å². The third-order valence-corrected chi connectivity index (χ3v) is 6.44. The Balaban J connectivity index is -0.000000594. The maximum absolute atomic E-state index is 10.7. The summed E-state index contributed by atoms with van der Waals surface area (Å²) in [5.74, 6) is -0.462. The first kappa shape index (κ1) is 52.1. The molecule has 0 radical (unpaired) electrons. The summed E-state index contributed by atoms with van der Waals surface area (Å²) in [6.07, 6.45) is -24.8. The first-order chi connectivity index (χ1) is 23.1. The van der Waals surface area contributed by atoms with Crippen molar-refractivity contribution in [2.24, 2.45) is 0 Å². The molecule has 1 aliphatic heterocycles. The molecule has 0 spiro atoms. The summed E-state index contributed by atoms with van der Waals surface area (Å²) in [6.45, 7) is 0.408. The van der Waals surface area contributed by atoms with Crippen LogP contribution in [0, 0.1) is 0 Å². The molecule has 1 fully saturated rings. The zero-order valence-electron chi connectivity index (χ0n) is 26.8. The number of aliphatic hydroxyl groups excluding tert-OH is 18. The van der Waals surface area contributed by atoms with Gasteiger partial charge in [0.15, 0.2) is 25.1 Å². The lowest BCUT2D eigenvalue weighted by Crippen LogP contribution is -2.63. The molecule has 1 amide bonds. The van der Waals surface area contributed by atoms with Gasteiger partial charge in [-0.15, -0.1) is 0 Å². The fourth-order valence-corrected chi connectivity index (χ4v) is 3.29. The predicted octanol–water partition coefficient (Wildman–Crippen LogP) is -12.2. The minimum atomic E-state index is -1.79. The topological polar surface area (TPSA) is 454 Å². The van der Waals surface area contributed by atoms with E-state index in [1.54, 1.807) is 0 Å². The van der Waals surface area contributed by atoms with E-state index in [1.165, 1.54) is 13.8 Å². The quantitative estimate of drug-likeness (QED) is 0.0652. The third-order valence-electron chi connectivity index (χ3n) is 6.44. The molecule has 1 rings (SSSR count). The van der Waals surface area contributed by atoms with Crippen LogP contribution >= 0.6 is 0 Å².